The van der Waals surface area contributed by atoms with Crippen molar-refractivity contribution < 1.29 is 23.5 Å². The summed E-state index contributed by atoms with van der Waals surface area (Å²) in [6, 6.07) is 8.78. The summed E-state index contributed by atoms with van der Waals surface area (Å²) in [6.45, 7) is 1.79. The first-order valence-electron chi connectivity index (χ1n) is 6.82. The van der Waals surface area contributed by atoms with Gasteiger partial charge in [0.2, 0.25) is 5.76 Å². The molecule has 0 spiro atoms. The van der Waals surface area contributed by atoms with Crippen molar-refractivity contribution in [2.24, 2.45) is 10.9 Å². The average Bonchev–Trinajstić information content (AvgIpc) is 2.94. The minimum absolute atomic E-state index is 0.0503. The maximum absolute atomic E-state index is 11.5. The molecule has 0 radical (unpaired) electrons. The Hall–Kier alpha value is -2.96. The van der Waals surface area contributed by atoms with Crippen LogP contribution in [0.15, 0.2) is 39.9 Å². The van der Waals surface area contributed by atoms with Crippen LogP contribution in [0.3, 0.4) is 0 Å². The second kappa shape index (κ2) is 7.35. The minimum atomic E-state index is -0.532. The molecule has 1 aromatic carbocycles. The first-order valence-corrected chi connectivity index (χ1v) is 6.82. The molecule has 7 nitrogen and oxygen atoms in total. The van der Waals surface area contributed by atoms with Crippen LogP contribution in [0.1, 0.15) is 27.4 Å². The fourth-order valence-corrected chi connectivity index (χ4v) is 1.89. The number of carbonyl (C=O) groups excluding carboxylic acids is 1. The average molecular weight is 318 g/mol. The fourth-order valence-electron chi connectivity index (χ4n) is 1.89. The van der Waals surface area contributed by atoms with Crippen LogP contribution >= 0.6 is 0 Å². The highest BCUT2D eigenvalue weighted by Gasteiger charge is 2.16. The first kappa shape index (κ1) is 16.4. The zero-order chi connectivity index (χ0) is 16.8. The molecule has 122 valence electrons. The molecule has 0 saturated carbocycles. The van der Waals surface area contributed by atoms with E-state index in [1.54, 1.807) is 44.4 Å². The zero-order valence-corrected chi connectivity index (χ0v) is 13.2. The van der Waals surface area contributed by atoms with Gasteiger partial charge in [-0.2, -0.15) is 0 Å². The minimum Gasteiger partial charge on any atom is -0.497 e. The number of nitrogens with zero attached hydrogens (tertiary/aromatic N) is 1. The lowest BCUT2D eigenvalue weighted by Gasteiger charge is -2.03. The van der Waals surface area contributed by atoms with Gasteiger partial charge in [0, 0.05) is 11.1 Å². The van der Waals surface area contributed by atoms with Gasteiger partial charge in [-0.1, -0.05) is 5.16 Å². The molecule has 2 aromatic rings. The normalized spacial score (nSPS) is 11.2. The van der Waals surface area contributed by atoms with Crippen LogP contribution in [0, 0.1) is 6.92 Å². The van der Waals surface area contributed by atoms with Crippen molar-refractivity contribution in [1.29, 1.82) is 0 Å². The molecule has 0 bridgehead atoms. The van der Waals surface area contributed by atoms with Gasteiger partial charge in [-0.3, -0.25) is 0 Å². The number of hydrogen-bond acceptors (Lipinski definition) is 6. The molecule has 0 aliphatic carbocycles. The molecule has 2 N–H and O–H groups in total. The van der Waals surface area contributed by atoms with Crippen molar-refractivity contribution in [3.05, 3.63) is 53.0 Å². The van der Waals surface area contributed by atoms with E-state index < -0.39 is 5.97 Å². The number of furan rings is 1. The van der Waals surface area contributed by atoms with Crippen molar-refractivity contribution in [1.82, 2.24) is 0 Å². The molecule has 0 fully saturated rings. The van der Waals surface area contributed by atoms with Crippen LogP contribution < -0.4 is 10.5 Å². The predicted octanol–water partition coefficient (Wildman–Crippen LogP) is 2.22. The van der Waals surface area contributed by atoms with Crippen LogP contribution in [0.5, 0.6) is 5.75 Å². The highest BCUT2D eigenvalue weighted by molar-refractivity contribution is 5.97. The number of rotatable bonds is 6. The molecule has 23 heavy (non-hydrogen) atoms. The number of ether oxygens (including phenoxy) is 2. The number of nitrogens with two attached hydrogens (primary N) is 1. The van der Waals surface area contributed by atoms with Crippen LogP contribution in [0.25, 0.3) is 0 Å². The Morgan fingerprint density at radius 3 is 2.57 bits per heavy atom. The molecule has 0 amide bonds. The van der Waals surface area contributed by atoms with Gasteiger partial charge < -0.3 is 24.5 Å². The maximum Gasteiger partial charge on any atom is 0.374 e. The van der Waals surface area contributed by atoms with Gasteiger partial charge in [-0.05, 0) is 37.3 Å². The number of carbonyl (C=O) groups is 1. The quantitative estimate of drug-likeness (QED) is 0.380. The summed E-state index contributed by atoms with van der Waals surface area (Å²) in [6.07, 6.45) is 0. The second-order valence-electron chi connectivity index (χ2n) is 4.69. The molecule has 7 heteroatoms. The van der Waals surface area contributed by atoms with Crippen molar-refractivity contribution in [3.8, 4) is 5.75 Å². The van der Waals surface area contributed by atoms with E-state index in [1.807, 2.05) is 0 Å². The van der Waals surface area contributed by atoms with E-state index in [0.29, 0.717) is 16.9 Å². The Kier molecular flexibility index (Phi) is 5.24. The number of benzene rings is 1. The monoisotopic (exact) mass is 318 g/mol. The lowest BCUT2D eigenvalue weighted by atomic mass is 10.2. The molecule has 0 saturated heterocycles. The molecule has 1 heterocycles. The highest BCUT2D eigenvalue weighted by atomic mass is 16.6. The van der Waals surface area contributed by atoms with Crippen molar-refractivity contribution in [2.45, 2.75) is 13.5 Å². The van der Waals surface area contributed by atoms with Gasteiger partial charge in [-0.15, -0.1) is 0 Å². The van der Waals surface area contributed by atoms with Crippen molar-refractivity contribution >= 4 is 11.8 Å². The third-order valence-corrected chi connectivity index (χ3v) is 3.10. The standard InChI is InChI=1S/C16H18N2O5/c1-10-8-13(23-14(10)16(19)21-3)9-22-18-15(17)11-4-6-12(20-2)7-5-11/h4-8H,9H2,1-3H3,(H2,17,18). The Morgan fingerprint density at radius 1 is 1.26 bits per heavy atom. The SMILES string of the molecule is COC(=O)c1oc(CO/N=C(/N)c2ccc(OC)cc2)cc1C. The number of oxime groups is 1. The van der Waals surface area contributed by atoms with Gasteiger partial charge in [0.05, 0.1) is 14.2 Å². The molecule has 2 rings (SSSR count). The molecule has 1 aromatic heterocycles. The zero-order valence-electron chi connectivity index (χ0n) is 13.2. The van der Waals surface area contributed by atoms with Crippen LogP contribution in [0.4, 0.5) is 0 Å². The largest absolute Gasteiger partial charge is 0.497 e. The highest BCUT2D eigenvalue weighted by Crippen LogP contribution is 2.16. The molecule has 0 unspecified atom stereocenters. The summed E-state index contributed by atoms with van der Waals surface area (Å²) in [5.41, 5.74) is 7.21. The molecule has 0 aliphatic heterocycles. The van der Waals surface area contributed by atoms with E-state index in [0.717, 1.165) is 5.75 Å². The molecular weight excluding hydrogens is 300 g/mol. The van der Waals surface area contributed by atoms with E-state index >= 15 is 0 Å². The van der Waals surface area contributed by atoms with E-state index in [9.17, 15) is 4.79 Å². The third kappa shape index (κ3) is 4.03. The lowest BCUT2D eigenvalue weighted by Crippen LogP contribution is -2.13. The van der Waals surface area contributed by atoms with Gasteiger partial charge in [0.15, 0.2) is 12.4 Å². The van der Waals surface area contributed by atoms with E-state index in [1.165, 1.54) is 7.11 Å². The van der Waals surface area contributed by atoms with Crippen LogP contribution in [-0.4, -0.2) is 26.0 Å². The number of aryl methyl sites for hydroxylation is 1. The van der Waals surface area contributed by atoms with E-state index in [2.05, 4.69) is 9.89 Å². The Bertz CT molecular complexity index is 704. The number of methoxy groups -OCH3 is 2. The summed E-state index contributed by atoms with van der Waals surface area (Å²) in [5, 5.41) is 3.83. The van der Waals surface area contributed by atoms with Gasteiger partial charge >= 0.3 is 5.97 Å². The first-order chi connectivity index (χ1) is 11.0. The number of hydrogen-bond donors (Lipinski definition) is 1. The van der Waals surface area contributed by atoms with E-state index in [-0.39, 0.29) is 18.2 Å². The summed E-state index contributed by atoms with van der Waals surface area (Å²) < 4.78 is 15.0. The third-order valence-electron chi connectivity index (χ3n) is 3.10. The Morgan fingerprint density at radius 2 is 1.96 bits per heavy atom. The number of amidine groups is 1. The summed E-state index contributed by atoms with van der Waals surface area (Å²) in [5.74, 6) is 1.02. The summed E-state index contributed by atoms with van der Waals surface area (Å²) in [7, 11) is 2.88. The maximum atomic E-state index is 11.5. The summed E-state index contributed by atoms with van der Waals surface area (Å²) >= 11 is 0. The molecule has 0 atom stereocenters. The van der Waals surface area contributed by atoms with Gasteiger partial charge in [0.25, 0.3) is 0 Å². The van der Waals surface area contributed by atoms with E-state index in [4.69, 9.17) is 19.7 Å². The van der Waals surface area contributed by atoms with Crippen LogP contribution in [-0.2, 0) is 16.2 Å². The fraction of sp³-hybridized carbons (Fsp3) is 0.250. The predicted molar refractivity (Wildman–Crippen MR) is 83.3 cm³/mol. The van der Waals surface area contributed by atoms with Gasteiger partial charge in [0.1, 0.15) is 11.5 Å². The van der Waals surface area contributed by atoms with Crippen molar-refractivity contribution in [3.63, 3.8) is 0 Å². The molecular formula is C16H18N2O5. The Labute approximate surface area is 133 Å². The van der Waals surface area contributed by atoms with Crippen LogP contribution in [0.2, 0.25) is 0 Å². The number of esters is 1. The van der Waals surface area contributed by atoms with Crippen molar-refractivity contribution in [2.75, 3.05) is 14.2 Å². The van der Waals surface area contributed by atoms with Gasteiger partial charge in [-0.25, -0.2) is 4.79 Å². The smallest absolute Gasteiger partial charge is 0.374 e. The second-order valence-corrected chi connectivity index (χ2v) is 4.69. The Balaban J connectivity index is 1.98. The topological polar surface area (TPSA) is 96.3 Å². The lowest BCUT2D eigenvalue weighted by molar-refractivity contribution is 0.0552. The summed E-state index contributed by atoms with van der Waals surface area (Å²) in [4.78, 5) is 16.6. The molecule has 0 aliphatic rings.